The van der Waals surface area contributed by atoms with E-state index in [-0.39, 0.29) is 11.3 Å². The molecule has 1 aromatic heterocycles. The Hall–Kier alpha value is -2.18. The van der Waals surface area contributed by atoms with Crippen LogP contribution in [0.1, 0.15) is 16.1 Å². The van der Waals surface area contributed by atoms with Gasteiger partial charge in [-0.25, -0.2) is 9.07 Å². The number of hydrogen-bond donors (Lipinski definition) is 0. The maximum Gasteiger partial charge on any atom is 0.435 e. The van der Waals surface area contributed by atoms with Gasteiger partial charge in [0, 0.05) is 11.8 Å². The van der Waals surface area contributed by atoms with Crippen LogP contribution in [0.15, 0.2) is 30.5 Å². The second kappa shape index (κ2) is 4.25. The molecule has 94 valence electrons. The van der Waals surface area contributed by atoms with E-state index in [9.17, 15) is 22.4 Å². The zero-order valence-electron chi connectivity index (χ0n) is 8.78. The molecule has 0 N–H and O–H groups in total. The minimum Gasteiger partial charge on any atom is -0.298 e. The third kappa shape index (κ3) is 2.24. The van der Waals surface area contributed by atoms with Gasteiger partial charge in [0.15, 0.2) is 5.69 Å². The highest BCUT2D eigenvalue weighted by Crippen LogP contribution is 2.28. The van der Waals surface area contributed by atoms with Crippen LogP contribution in [-0.4, -0.2) is 16.1 Å². The number of halogens is 4. The molecule has 0 aliphatic carbocycles. The Balaban J connectivity index is 2.43. The third-order valence-electron chi connectivity index (χ3n) is 2.23. The molecule has 1 aromatic carbocycles. The minimum atomic E-state index is -4.58. The van der Waals surface area contributed by atoms with Crippen LogP contribution in [0.25, 0.3) is 5.69 Å². The first-order chi connectivity index (χ1) is 8.41. The summed E-state index contributed by atoms with van der Waals surface area (Å²) in [4.78, 5) is 10.4. The van der Waals surface area contributed by atoms with Gasteiger partial charge in [-0.15, -0.1) is 0 Å². The Morgan fingerprint density at radius 2 is 1.94 bits per heavy atom. The second-order valence-corrected chi connectivity index (χ2v) is 3.47. The van der Waals surface area contributed by atoms with Crippen LogP contribution in [-0.2, 0) is 6.18 Å². The van der Waals surface area contributed by atoms with E-state index >= 15 is 0 Å². The van der Waals surface area contributed by atoms with Crippen molar-refractivity contribution in [1.82, 2.24) is 9.78 Å². The smallest absolute Gasteiger partial charge is 0.298 e. The molecule has 2 rings (SSSR count). The predicted octanol–water partition coefficient (Wildman–Crippen LogP) is 2.84. The van der Waals surface area contributed by atoms with Crippen molar-refractivity contribution < 1.29 is 22.4 Å². The first-order valence-electron chi connectivity index (χ1n) is 4.80. The van der Waals surface area contributed by atoms with Gasteiger partial charge in [0.2, 0.25) is 0 Å². The average Bonchev–Trinajstić information content (AvgIpc) is 2.77. The fraction of sp³-hybridized carbons (Fsp3) is 0.0909. The Kier molecular flexibility index (Phi) is 2.90. The van der Waals surface area contributed by atoms with Crippen molar-refractivity contribution >= 4 is 6.29 Å². The summed E-state index contributed by atoms with van der Waals surface area (Å²) in [6.07, 6.45) is -3.14. The molecular formula is C11H6F4N2O. The van der Waals surface area contributed by atoms with Crippen molar-refractivity contribution in [3.05, 3.63) is 47.5 Å². The van der Waals surface area contributed by atoms with Gasteiger partial charge in [0.05, 0.1) is 0 Å². The lowest BCUT2D eigenvalue weighted by atomic mass is 10.2. The fourth-order valence-corrected chi connectivity index (χ4v) is 1.39. The minimum absolute atomic E-state index is 0.0967. The highest BCUT2D eigenvalue weighted by molar-refractivity contribution is 5.75. The van der Waals surface area contributed by atoms with E-state index in [1.807, 2.05) is 0 Å². The third-order valence-corrected chi connectivity index (χ3v) is 2.23. The van der Waals surface area contributed by atoms with Gasteiger partial charge in [-0.2, -0.15) is 18.3 Å². The van der Waals surface area contributed by atoms with Gasteiger partial charge in [-0.3, -0.25) is 4.79 Å². The molecule has 0 fully saturated rings. The molecule has 0 radical (unpaired) electrons. The van der Waals surface area contributed by atoms with Gasteiger partial charge in [-0.1, -0.05) is 0 Å². The summed E-state index contributed by atoms with van der Waals surface area (Å²) >= 11 is 0. The summed E-state index contributed by atoms with van der Waals surface area (Å²) in [6.45, 7) is 0. The average molecular weight is 258 g/mol. The topological polar surface area (TPSA) is 34.9 Å². The summed E-state index contributed by atoms with van der Waals surface area (Å²) in [5.74, 6) is -0.823. The van der Waals surface area contributed by atoms with Crippen LogP contribution in [0.3, 0.4) is 0 Å². The van der Waals surface area contributed by atoms with Crippen molar-refractivity contribution in [3.8, 4) is 5.69 Å². The molecule has 0 saturated carbocycles. The monoisotopic (exact) mass is 258 g/mol. The Labute approximate surface area is 98.6 Å². The molecule has 0 aliphatic heterocycles. The van der Waals surface area contributed by atoms with E-state index < -0.39 is 17.7 Å². The number of alkyl halides is 3. The molecule has 0 saturated heterocycles. The Morgan fingerprint density at radius 3 is 2.44 bits per heavy atom. The van der Waals surface area contributed by atoms with Crippen LogP contribution in [0.5, 0.6) is 0 Å². The number of benzene rings is 1. The molecule has 0 unspecified atom stereocenters. The predicted molar refractivity (Wildman–Crippen MR) is 53.9 cm³/mol. The highest BCUT2D eigenvalue weighted by Gasteiger charge is 2.33. The quantitative estimate of drug-likeness (QED) is 0.613. The fourth-order valence-electron chi connectivity index (χ4n) is 1.39. The molecule has 0 atom stereocenters. The molecule has 18 heavy (non-hydrogen) atoms. The van der Waals surface area contributed by atoms with Crippen LogP contribution in [0, 0.1) is 5.82 Å². The first-order valence-corrected chi connectivity index (χ1v) is 4.80. The van der Waals surface area contributed by atoms with Crippen LogP contribution in [0.4, 0.5) is 17.6 Å². The molecular weight excluding hydrogens is 252 g/mol. The van der Waals surface area contributed by atoms with E-state index in [2.05, 4.69) is 5.10 Å². The van der Waals surface area contributed by atoms with Crippen molar-refractivity contribution in [2.75, 3.05) is 0 Å². The maximum absolute atomic E-state index is 13.5. The molecule has 7 heteroatoms. The van der Waals surface area contributed by atoms with Crippen molar-refractivity contribution in [3.63, 3.8) is 0 Å². The van der Waals surface area contributed by atoms with Crippen molar-refractivity contribution in [2.45, 2.75) is 6.18 Å². The first kappa shape index (κ1) is 12.3. The lowest BCUT2D eigenvalue weighted by Crippen LogP contribution is -2.08. The largest absolute Gasteiger partial charge is 0.435 e. The normalized spacial score (nSPS) is 11.6. The summed E-state index contributed by atoms with van der Waals surface area (Å²) in [6, 6.07) is 4.15. The van der Waals surface area contributed by atoms with Gasteiger partial charge >= 0.3 is 6.18 Å². The summed E-state index contributed by atoms with van der Waals surface area (Å²) in [5.41, 5.74) is -1.17. The van der Waals surface area contributed by atoms with Gasteiger partial charge < -0.3 is 0 Å². The van der Waals surface area contributed by atoms with Crippen LogP contribution >= 0.6 is 0 Å². The number of nitrogens with zero attached hydrogens (tertiary/aromatic N) is 2. The number of rotatable bonds is 2. The number of carbonyl (C=O) groups is 1. The Bertz CT molecular complexity index is 589. The van der Waals surface area contributed by atoms with Crippen molar-refractivity contribution in [2.24, 2.45) is 0 Å². The molecule has 1 heterocycles. The lowest BCUT2D eigenvalue weighted by molar-refractivity contribution is -0.141. The van der Waals surface area contributed by atoms with Gasteiger partial charge in [-0.05, 0) is 24.3 Å². The van der Waals surface area contributed by atoms with E-state index in [0.717, 1.165) is 23.0 Å². The second-order valence-electron chi connectivity index (χ2n) is 3.47. The van der Waals surface area contributed by atoms with E-state index in [0.29, 0.717) is 6.29 Å². The molecule has 0 bridgehead atoms. The van der Waals surface area contributed by atoms with Crippen LogP contribution in [0.2, 0.25) is 0 Å². The van der Waals surface area contributed by atoms with Crippen molar-refractivity contribution in [1.29, 1.82) is 0 Å². The SMILES string of the molecule is O=Cc1ccc(-n2ccc(C(F)(F)F)n2)c(F)c1. The summed E-state index contributed by atoms with van der Waals surface area (Å²) in [7, 11) is 0. The summed E-state index contributed by atoms with van der Waals surface area (Å²) < 4.78 is 51.3. The maximum atomic E-state index is 13.5. The summed E-state index contributed by atoms with van der Waals surface area (Å²) in [5, 5.41) is 3.23. The van der Waals surface area contributed by atoms with E-state index in [1.165, 1.54) is 12.1 Å². The molecule has 2 aromatic rings. The molecule has 0 spiro atoms. The number of aldehydes is 1. The molecule has 3 nitrogen and oxygen atoms in total. The molecule has 0 amide bonds. The van der Waals surface area contributed by atoms with Crippen LogP contribution < -0.4 is 0 Å². The van der Waals surface area contributed by atoms with Gasteiger partial charge in [0.25, 0.3) is 0 Å². The van der Waals surface area contributed by atoms with E-state index in [4.69, 9.17) is 0 Å². The Morgan fingerprint density at radius 1 is 1.22 bits per heavy atom. The number of carbonyl (C=O) groups excluding carboxylic acids is 1. The zero-order valence-corrected chi connectivity index (χ0v) is 8.78. The molecule has 0 aliphatic rings. The standard InChI is InChI=1S/C11H6F4N2O/c12-8-5-7(6-18)1-2-9(8)17-4-3-10(16-17)11(13,14)15/h1-6H. The van der Waals surface area contributed by atoms with Gasteiger partial charge in [0.1, 0.15) is 17.8 Å². The number of aromatic nitrogens is 2. The van der Waals surface area contributed by atoms with E-state index in [1.54, 1.807) is 0 Å². The highest BCUT2D eigenvalue weighted by atomic mass is 19.4. The number of hydrogen-bond acceptors (Lipinski definition) is 2. The zero-order chi connectivity index (χ0) is 13.3. The lowest BCUT2D eigenvalue weighted by Gasteiger charge is -2.04.